The van der Waals surface area contributed by atoms with Crippen molar-refractivity contribution < 1.29 is 4.79 Å². The second-order valence-corrected chi connectivity index (χ2v) is 7.56. The van der Waals surface area contributed by atoms with Gasteiger partial charge in [0, 0.05) is 11.7 Å². The number of benzene rings is 1. The van der Waals surface area contributed by atoms with Gasteiger partial charge in [0.2, 0.25) is 11.0 Å². The Kier molecular flexibility index (Phi) is 4.26. The SMILES string of the molecule is Cc1ccc(C)c(CSc2nnc(NC(=O)C3CC3)s2)c1. The van der Waals surface area contributed by atoms with E-state index in [0.717, 1.165) is 22.9 Å². The lowest BCUT2D eigenvalue weighted by Gasteiger charge is -2.05. The minimum atomic E-state index is 0.0808. The smallest absolute Gasteiger partial charge is 0.229 e. The summed E-state index contributed by atoms with van der Waals surface area (Å²) in [6, 6.07) is 6.48. The average molecular weight is 319 g/mol. The molecular formula is C15H17N3OS2. The molecule has 1 N–H and O–H groups in total. The van der Waals surface area contributed by atoms with E-state index in [2.05, 4.69) is 47.6 Å². The Morgan fingerprint density at radius 1 is 1.38 bits per heavy atom. The molecule has 0 atom stereocenters. The molecule has 1 aromatic carbocycles. The Morgan fingerprint density at radius 3 is 2.95 bits per heavy atom. The van der Waals surface area contributed by atoms with Gasteiger partial charge in [-0.15, -0.1) is 10.2 Å². The largest absolute Gasteiger partial charge is 0.300 e. The lowest BCUT2D eigenvalue weighted by molar-refractivity contribution is -0.117. The molecular weight excluding hydrogens is 302 g/mol. The average Bonchev–Trinajstić information content (AvgIpc) is 3.22. The quantitative estimate of drug-likeness (QED) is 0.673. The molecule has 21 heavy (non-hydrogen) atoms. The molecule has 0 unspecified atom stereocenters. The molecule has 0 spiro atoms. The number of nitrogens with zero attached hydrogens (tertiary/aromatic N) is 2. The van der Waals surface area contributed by atoms with Crippen molar-refractivity contribution in [2.75, 3.05) is 5.32 Å². The van der Waals surface area contributed by atoms with E-state index in [-0.39, 0.29) is 11.8 Å². The molecule has 3 rings (SSSR count). The zero-order valence-electron chi connectivity index (χ0n) is 12.0. The van der Waals surface area contributed by atoms with Gasteiger partial charge < -0.3 is 5.32 Å². The highest BCUT2D eigenvalue weighted by Gasteiger charge is 2.30. The lowest BCUT2D eigenvalue weighted by Crippen LogP contribution is -2.12. The van der Waals surface area contributed by atoms with Crippen molar-refractivity contribution in [3.05, 3.63) is 34.9 Å². The van der Waals surface area contributed by atoms with Crippen LogP contribution in [0.25, 0.3) is 0 Å². The molecule has 0 bridgehead atoms. The summed E-state index contributed by atoms with van der Waals surface area (Å²) in [6.45, 7) is 4.22. The second-order valence-electron chi connectivity index (χ2n) is 5.36. The van der Waals surface area contributed by atoms with E-state index in [4.69, 9.17) is 0 Å². The fourth-order valence-corrected chi connectivity index (χ4v) is 3.78. The first-order valence-corrected chi connectivity index (χ1v) is 8.75. The maximum atomic E-state index is 11.7. The third kappa shape index (κ3) is 3.83. The van der Waals surface area contributed by atoms with Crippen LogP contribution in [0.5, 0.6) is 0 Å². The van der Waals surface area contributed by atoms with Gasteiger partial charge in [0.15, 0.2) is 4.34 Å². The summed E-state index contributed by atoms with van der Waals surface area (Å²) in [5.41, 5.74) is 3.88. The number of anilines is 1. The highest BCUT2D eigenvalue weighted by atomic mass is 32.2. The molecule has 1 fully saturated rings. The summed E-state index contributed by atoms with van der Waals surface area (Å²) in [5.74, 6) is 1.15. The monoisotopic (exact) mass is 319 g/mol. The van der Waals surface area contributed by atoms with Gasteiger partial charge in [-0.3, -0.25) is 4.79 Å². The fraction of sp³-hybridized carbons (Fsp3) is 0.400. The zero-order chi connectivity index (χ0) is 14.8. The summed E-state index contributed by atoms with van der Waals surface area (Å²) in [7, 11) is 0. The maximum absolute atomic E-state index is 11.7. The molecule has 0 aliphatic heterocycles. The van der Waals surface area contributed by atoms with E-state index in [9.17, 15) is 4.79 Å². The number of hydrogen-bond acceptors (Lipinski definition) is 5. The number of thioether (sulfide) groups is 1. The molecule has 1 amide bonds. The number of carbonyl (C=O) groups excluding carboxylic acids is 1. The van der Waals surface area contributed by atoms with Crippen LogP contribution in [0, 0.1) is 19.8 Å². The van der Waals surface area contributed by atoms with Crippen molar-refractivity contribution in [3.63, 3.8) is 0 Å². The van der Waals surface area contributed by atoms with E-state index in [1.807, 2.05) is 0 Å². The zero-order valence-corrected chi connectivity index (χ0v) is 13.7. The van der Waals surface area contributed by atoms with Gasteiger partial charge in [-0.25, -0.2) is 0 Å². The Morgan fingerprint density at radius 2 is 2.19 bits per heavy atom. The van der Waals surface area contributed by atoms with E-state index in [1.54, 1.807) is 11.8 Å². The fourth-order valence-electron chi connectivity index (χ4n) is 1.97. The molecule has 110 valence electrons. The van der Waals surface area contributed by atoms with E-state index in [0.29, 0.717) is 5.13 Å². The molecule has 1 aliphatic carbocycles. The minimum Gasteiger partial charge on any atom is -0.300 e. The maximum Gasteiger partial charge on any atom is 0.229 e. The van der Waals surface area contributed by atoms with Gasteiger partial charge in [-0.1, -0.05) is 46.9 Å². The number of nitrogens with one attached hydrogen (secondary N) is 1. The van der Waals surface area contributed by atoms with Crippen molar-refractivity contribution in [3.8, 4) is 0 Å². The molecule has 0 saturated heterocycles. The first-order valence-electron chi connectivity index (χ1n) is 6.95. The van der Waals surface area contributed by atoms with Crippen LogP contribution >= 0.6 is 23.1 Å². The number of rotatable bonds is 5. The second kappa shape index (κ2) is 6.15. The standard InChI is InChI=1S/C15H17N3OS2/c1-9-3-4-10(2)12(7-9)8-20-15-18-17-14(21-15)16-13(19)11-5-6-11/h3-4,7,11H,5-6,8H2,1-2H3,(H,16,17,19). The van der Waals surface area contributed by atoms with Crippen LogP contribution in [-0.4, -0.2) is 16.1 Å². The Hall–Kier alpha value is -1.40. The first-order chi connectivity index (χ1) is 10.1. The van der Waals surface area contributed by atoms with Gasteiger partial charge in [0.05, 0.1) is 0 Å². The molecule has 2 aromatic rings. The molecule has 1 aromatic heterocycles. The number of hydrogen-bond donors (Lipinski definition) is 1. The topological polar surface area (TPSA) is 54.9 Å². The summed E-state index contributed by atoms with van der Waals surface area (Å²) in [4.78, 5) is 11.7. The molecule has 6 heteroatoms. The Balaban J connectivity index is 1.59. The van der Waals surface area contributed by atoms with Crippen LogP contribution in [0.4, 0.5) is 5.13 Å². The van der Waals surface area contributed by atoms with Crippen LogP contribution < -0.4 is 5.32 Å². The van der Waals surface area contributed by atoms with Gasteiger partial charge >= 0.3 is 0 Å². The van der Waals surface area contributed by atoms with Crippen LogP contribution in [0.1, 0.15) is 29.5 Å². The van der Waals surface area contributed by atoms with Gasteiger partial charge in [-0.05, 0) is 37.8 Å². The highest BCUT2D eigenvalue weighted by Crippen LogP contribution is 2.32. The van der Waals surface area contributed by atoms with Gasteiger partial charge in [0.25, 0.3) is 0 Å². The van der Waals surface area contributed by atoms with Crippen molar-refractivity contribution in [1.82, 2.24) is 10.2 Å². The molecule has 1 aliphatic rings. The van der Waals surface area contributed by atoms with Gasteiger partial charge in [0.1, 0.15) is 0 Å². The minimum absolute atomic E-state index is 0.0808. The number of aryl methyl sites for hydroxylation is 2. The van der Waals surface area contributed by atoms with Crippen molar-refractivity contribution in [2.24, 2.45) is 5.92 Å². The lowest BCUT2D eigenvalue weighted by atomic mass is 10.1. The third-order valence-corrected chi connectivity index (χ3v) is 5.46. The summed E-state index contributed by atoms with van der Waals surface area (Å²) in [6.07, 6.45) is 2.00. The van der Waals surface area contributed by atoms with Crippen LogP contribution in [0.15, 0.2) is 22.5 Å². The third-order valence-electron chi connectivity index (χ3n) is 3.44. The number of amides is 1. The molecule has 1 heterocycles. The normalized spacial score (nSPS) is 14.2. The molecule has 1 saturated carbocycles. The van der Waals surface area contributed by atoms with Gasteiger partial charge in [-0.2, -0.15) is 0 Å². The Bertz CT molecular complexity index is 665. The number of carbonyl (C=O) groups is 1. The summed E-state index contributed by atoms with van der Waals surface area (Å²) >= 11 is 3.11. The summed E-state index contributed by atoms with van der Waals surface area (Å²) < 4.78 is 0.891. The van der Waals surface area contributed by atoms with Crippen molar-refractivity contribution in [2.45, 2.75) is 36.8 Å². The van der Waals surface area contributed by atoms with Crippen molar-refractivity contribution in [1.29, 1.82) is 0 Å². The molecule has 4 nitrogen and oxygen atoms in total. The predicted molar refractivity (Wildman–Crippen MR) is 86.7 cm³/mol. The van der Waals surface area contributed by atoms with Crippen LogP contribution in [0.3, 0.4) is 0 Å². The highest BCUT2D eigenvalue weighted by molar-refractivity contribution is 8.00. The van der Waals surface area contributed by atoms with Crippen molar-refractivity contribution >= 4 is 34.1 Å². The predicted octanol–water partition coefficient (Wildman–Crippen LogP) is 3.80. The van der Waals surface area contributed by atoms with E-state index >= 15 is 0 Å². The Labute approximate surface area is 132 Å². The molecule has 0 radical (unpaired) electrons. The van der Waals surface area contributed by atoms with Crippen LogP contribution in [0.2, 0.25) is 0 Å². The van der Waals surface area contributed by atoms with E-state index in [1.165, 1.54) is 28.0 Å². The number of aromatic nitrogens is 2. The first kappa shape index (κ1) is 14.5. The van der Waals surface area contributed by atoms with Crippen LogP contribution in [-0.2, 0) is 10.5 Å². The van der Waals surface area contributed by atoms with E-state index < -0.39 is 0 Å². The summed E-state index contributed by atoms with van der Waals surface area (Å²) in [5, 5.41) is 11.6.